The lowest BCUT2D eigenvalue weighted by atomic mass is 9.86. The highest BCUT2D eigenvalue weighted by molar-refractivity contribution is 7.99. The van der Waals surface area contributed by atoms with E-state index in [1.807, 2.05) is 18.2 Å². The van der Waals surface area contributed by atoms with Crippen LogP contribution >= 0.6 is 11.8 Å². The molecule has 156 valence electrons. The molecule has 4 rings (SSSR count). The maximum absolute atomic E-state index is 6.02. The van der Waals surface area contributed by atoms with Crippen LogP contribution in [0.2, 0.25) is 0 Å². The van der Waals surface area contributed by atoms with Crippen molar-refractivity contribution in [2.75, 3.05) is 25.9 Å². The third kappa shape index (κ3) is 5.18. The van der Waals surface area contributed by atoms with Crippen molar-refractivity contribution >= 4 is 17.4 Å². The molecule has 0 aromatic heterocycles. The zero-order valence-corrected chi connectivity index (χ0v) is 18.6. The third-order valence-electron chi connectivity index (χ3n) is 5.96. The number of aryl methyl sites for hydroxylation is 1. The Morgan fingerprint density at radius 1 is 0.933 bits per heavy atom. The molecule has 1 fully saturated rings. The van der Waals surface area contributed by atoms with E-state index in [0.717, 1.165) is 31.1 Å². The van der Waals surface area contributed by atoms with Crippen LogP contribution < -0.4 is 10.5 Å². The normalized spacial score (nSPS) is 15.3. The van der Waals surface area contributed by atoms with Crippen molar-refractivity contribution in [2.45, 2.75) is 42.0 Å². The summed E-state index contributed by atoms with van der Waals surface area (Å²) in [7, 11) is 1.70. The summed E-state index contributed by atoms with van der Waals surface area (Å²) in [5.74, 6) is 1.53. The molecular weight excluding hydrogens is 388 g/mol. The first-order valence-corrected chi connectivity index (χ1v) is 11.4. The van der Waals surface area contributed by atoms with Crippen LogP contribution in [0.3, 0.4) is 0 Å². The topological polar surface area (TPSA) is 38.5 Å². The average molecular weight is 419 g/mol. The van der Waals surface area contributed by atoms with Gasteiger partial charge in [-0.2, -0.15) is 0 Å². The van der Waals surface area contributed by atoms with Crippen molar-refractivity contribution in [3.63, 3.8) is 0 Å². The van der Waals surface area contributed by atoms with Crippen LogP contribution in [0.4, 0.5) is 5.69 Å². The van der Waals surface area contributed by atoms with Gasteiger partial charge in [0, 0.05) is 22.0 Å². The van der Waals surface area contributed by atoms with Crippen LogP contribution in [0.1, 0.15) is 35.4 Å². The SMILES string of the molecule is COc1ccc(Sc2ccc(CN3CCC(c4cc(N)ccc4C)CC3)cc2)cc1. The van der Waals surface area contributed by atoms with Crippen LogP contribution in [0.15, 0.2) is 76.5 Å². The Morgan fingerprint density at radius 3 is 2.20 bits per heavy atom. The highest BCUT2D eigenvalue weighted by Gasteiger charge is 2.22. The molecule has 1 aliphatic rings. The van der Waals surface area contributed by atoms with Crippen molar-refractivity contribution in [3.8, 4) is 5.75 Å². The van der Waals surface area contributed by atoms with Crippen LogP contribution in [-0.4, -0.2) is 25.1 Å². The highest BCUT2D eigenvalue weighted by atomic mass is 32.2. The Labute approximate surface area is 184 Å². The summed E-state index contributed by atoms with van der Waals surface area (Å²) < 4.78 is 5.23. The van der Waals surface area contributed by atoms with E-state index in [4.69, 9.17) is 10.5 Å². The van der Waals surface area contributed by atoms with Crippen LogP contribution in [-0.2, 0) is 6.54 Å². The molecule has 0 saturated carbocycles. The number of nitrogens with zero attached hydrogens (tertiary/aromatic N) is 1. The van der Waals surface area contributed by atoms with E-state index >= 15 is 0 Å². The zero-order chi connectivity index (χ0) is 20.9. The predicted molar refractivity (Wildman–Crippen MR) is 126 cm³/mol. The molecular formula is C26H30N2OS. The Morgan fingerprint density at radius 2 is 1.57 bits per heavy atom. The molecule has 0 bridgehead atoms. The molecule has 1 heterocycles. The van der Waals surface area contributed by atoms with E-state index in [9.17, 15) is 0 Å². The summed E-state index contributed by atoms with van der Waals surface area (Å²) in [6.45, 7) is 5.51. The fourth-order valence-electron chi connectivity index (χ4n) is 4.20. The highest BCUT2D eigenvalue weighted by Crippen LogP contribution is 2.32. The van der Waals surface area contributed by atoms with Crippen LogP contribution in [0.25, 0.3) is 0 Å². The van der Waals surface area contributed by atoms with Crippen molar-refractivity contribution in [1.29, 1.82) is 0 Å². The van der Waals surface area contributed by atoms with Crippen molar-refractivity contribution in [1.82, 2.24) is 4.90 Å². The fourth-order valence-corrected chi connectivity index (χ4v) is 5.02. The average Bonchev–Trinajstić information content (AvgIpc) is 2.78. The van der Waals surface area contributed by atoms with Crippen LogP contribution in [0.5, 0.6) is 5.75 Å². The van der Waals surface area contributed by atoms with E-state index in [2.05, 4.69) is 60.4 Å². The molecule has 3 aromatic rings. The number of benzene rings is 3. The first-order valence-electron chi connectivity index (χ1n) is 10.6. The van der Waals surface area contributed by atoms with Gasteiger partial charge in [0.1, 0.15) is 5.75 Å². The van der Waals surface area contributed by atoms with E-state index in [1.54, 1.807) is 18.9 Å². The number of piperidine rings is 1. The largest absolute Gasteiger partial charge is 0.497 e. The zero-order valence-electron chi connectivity index (χ0n) is 17.8. The summed E-state index contributed by atoms with van der Waals surface area (Å²) in [5.41, 5.74) is 11.1. The van der Waals surface area contributed by atoms with Gasteiger partial charge in [-0.15, -0.1) is 0 Å². The Hall–Kier alpha value is -2.43. The monoisotopic (exact) mass is 418 g/mol. The second-order valence-electron chi connectivity index (χ2n) is 8.09. The molecule has 1 aliphatic heterocycles. The molecule has 0 radical (unpaired) electrons. The molecule has 4 heteroatoms. The minimum atomic E-state index is 0.632. The summed E-state index contributed by atoms with van der Waals surface area (Å²) in [5, 5.41) is 0. The molecule has 0 unspecified atom stereocenters. The molecule has 3 aromatic carbocycles. The van der Waals surface area contributed by atoms with E-state index in [-0.39, 0.29) is 0 Å². The second-order valence-corrected chi connectivity index (χ2v) is 9.23. The van der Waals surface area contributed by atoms with Gasteiger partial charge in [0.15, 0.2) is 0 Å². The molecule has 2 N–H and O–H groups in total. The summed E-state index contributed by atoms with van der Waals surface area (Å²) >= 11 is 1.78. The molecule has 0 spiro atoms. The maximum Gasteiger partial charge on any atom is 0.118 e. The van der Waals surface area contributed by atoms with Gasteiger partial charge in [0.05, 0.1) is 7.11 Å². The van der Waals surface area contributed by atoms with Gasteiger partial charge in [-0.05, 0) is 104 Å². The van der Waals surface area contributed by atoms with E-state index in [0.29, 0.717) is 5.92 Å². The summed E-state index contributed by atoms with van der Waals surface area (Å²) in [4.78, 5) is 5.06. The first kappa shape index (κ1) is 20.8. The smallest absolute Gasteiger partial charge is 0.118 e. The fraction of sp³-hybridized carbons (Fsp3) is 0.308. The number of anilines is 1. The summed E-state index contributed by atoms with van der Waals surface area (Å²) in [6, 6.07) is 23.5. The third-order valence-corrected chi connectivity index (χ3v) is 6.97. The predicted octanol–water partition coefficient (Wildman–Crippen LogP) is 6.12. The van der Waals surface area contributed by atoms with Crippen LogP contribution in [0, 0.1) is 6.92 Å². The van der Waals surface area contributed by atoms with Crippen molar-refractivity contribution < 1.29 is 4.74 Å². The second kappa shape index (κ2) is 9.59. The van der Waals surface area contributed by atoms with Gasteiger partial charge < -0.3 is 10.5 Å². The minimum absolute atomic E-state index is 0.632. The maximum atomic E-state index is 6.02. The van der Waals surface area contributed by atoms with Gasteiger partial charge in [0.25, 0.3) is 0 Å². The molecule has 1 saturated heterocycles. The molecule has 3 nitrogen and oxygen atoms in total. The molecule has 30 heavy (non-hydrogen) atoms. The number of nitrogen functional groups attached to an aromatic ring is 1. The Bertz CT molecular complexity index is 961. The van der Waals surface area contributed by atoms with Gasteiger partial charge in [-0.3, -0.25) is 4.90 Å². The van der Waals surface area contributed by atoms with Crippen molar-refractivity contribution in [3.05, 3.63) is 83.4 Å². The van der Waals surface area contributed by atoms with Crippen molar-refractivity contribution in [2.24, 2.45) is 0 Å². The number of hydrogen-bond acceptors (Lipinski definition) is 4. The van der Waals surface area contributed by atoms with Gasteiger partial charge in [0.2, 0.25) is 0 Å². The Kier molecular flexibility index (Phi) is 6.66. The van der Waals surface area contributed by atoms with Gasteiger partial charge in [-0.25, -0.2) is 0 Å². The Balaban J connectivity index is 1.30. The van der Waals surface area contributed by atoms with E-state index < -0.39 is 0 Å². The standard InChI is InChI=1S/C26H30N2OS/c1-19-3-6-22(27)17-26(19)21-13-15-28(16-14-21)18-20-4-9-24(10-5-20)30-25-11-7-23(29-2)8-12-25/h3-12,17,21H,13-16,18,27H2,1-2H3. The number of rotatable bonds is 6. The number of likely N-dealkylation sites (tertiary alicyclic amines) is 1. The lowest BCUT2D eigenvalue weighted by Crippen LogP contribution is -2.32. The lowest BCUT2D eigenvalue weighted by molar-refractivity contribution is 0.204. The number of nitrogens with two attached hydrogens (primary N) is 1. The first-order chi connectivity index (χ1) is 14.6. The van der Waals surface area contributed by atoms with Gasteiger partial charge in [-0.1, -0.05) is 30.0 Å². The number of ether oxygens (including phenoxy) is 1. The minimum Gasteiger partial charge on any atom is -0.497 e. The summed E-state index contributed by atoms with van der Waals surface area (Å²) in [6.07, 6.45) is 2.41. The van der Waals surface area contributed by atoms with Gasteiger partial charge >= 0.3 is 0 Å². The van der Waals surface area contributed by atoms with E-state index in [1.165, 1.54) is 39.3 Å². The lowest BCUT2D eigenvalue weighted by Gasteiger charge is -2.33. The number of hydrogen-bond donors (Lipinski definition) is 1. The molecule has 0 atom stereocenters. The molecule has 0 amide bonds. The number of methoxy groups -OCH3 is 1. The molecule has 0 aliphatic carbocycles. The quantitative estimate of drug-likeness (QED) is 0.490.